The molecule has 2 saturated heterocycles. The van der Waals surface area contributed by atoms with Gasteiger partial charge in [0.25, 0.3) is 0 Å². The maximum Gasteiger partial charge on any atom is 0.451 e. The number of aliphatic hydroxyl groups excluding tert-OH is 1. The zero-order chi connectivity index (χ0) is 28.2. The number of hydrogen-bond acceptors (Lipinski definition) is 6. The Labute approximate surface area is 222 Å². The molecule has 2 N–H and O–H groups in total. The summed E-state index contributed by atoms with van der Waals surface area (Å²) in [5, 5.41) is 11.9. The van der Waals surface area contributed by atoms with Crippen molar-refractivity contribution in [1.29, 1.82) is 0 Å². The van der Waals surface area contributed by atoms with E-state index in [0.29, 0.717) is 56.8 Å². The summed E-state index contributed by atoms with van der Waals surface area (Å²) in [6.45, 7) is 1.60. The first-order valence-electron chi connectivity index (χ1n) is 13.0. The minimum absolute atomic E-state index is 0.0326. The fraction of sp³-hybridized carbons (Fsp3) is 0.577. The molecule has 1 aromatic carbocycles. The number of carbonyl (C=O) groups excluding carboxylic acids is 1. The van der Waals surface area contributed by atoms with Crippen LogP contribution < -0.4 is 15.1 Å². The third kappa shape index (κ3) is 7.31. The second-order valence-electron chi connectivity index (χ2n) is 9.94. The Bertz CT molecular complexity index is 1120. The van der Waals surface area contributed by atoms with Gasteiger partial charge in [0.2, 0.25) is 11.7 Å². The van der Waals surface area contributed by atoms with Crippen LogP contribution in [0.5, 0.6) is 0 Å². The highest BCUT2D eigenvalue weighted by molar-refractivity contribution is 5.85. The molecular formula is C26H31F6N5O2. The largest absolute Gasteiger partial charge is 0.451 e. The average molecular weight is 560 g/mol. The monoisotopic (exact) mass is 559 g/mol. The molecular weight excluding hydrogens is 528 g/mol. The van der Waals surface area contributed by atoms with Gasteiger partial charge in [-0.25, -0.2) is 9.97 Å². The second kappa shape index (κ2) is 12.0. The molecule has 1 aromatic heterocycles. The van der Waals surface area contributed by atoms with Crippen molar-refractivity contribution in [3.63, 3.8) is 0 Å². The first-order chi connectivity index (χ1) is 18.5. The Morgan fingerprint density at radius 2 is 1.62 bits per heavy atom. The molecule has 0 spiro atoms. The number of aromatic nitrogens is 2. The molecule has 1 unspecified atom stereocenters. The lowest BCUT2D eigenvalue weighted by Crippen LogP contribution is -2.44. The topological polar surface area (TPSA) is 81.6 Å². The van der Waals surface area contributed by atoms with Crippen LogP contribution in [0, 0.1) is 5.92 Å². The quantitative estimate of drug-likeness (QED) is 0.466. The van der Waals surface area contributed by atoms with Gasteiger partial charge in [0.15, 0.2) is 0 Å². The van der Waals surface area contributed by atoms with Crippen molar-refractivity contribution in [2.24, 2.45) is 5.92 Å². The lowest BCUT2D eigenvalue weighted by atomic mass is 9.94. The van der Waals surface area contributed by atoms with E-state index in [2.05, 4.69) is 15.3 Å². The van der Waals surface area contributed by atoms with Crippen molar-refractivity contribution in [1.82, 2.24) is 15.3 Å². The summed E-state index contributed by atoms with van der Waals surface area (Å²) in [7, 11) is 0. The number of nitrogens with zero attached hydrogens (tertiary/aromatic N) is 4. The first kappa shape index (κ1) is 28.9. The Hall–Kier alpha value is -3.09. The molecule has 3 heterocycles. The standard InChI is InChI=1S/C26H31F6N5O2/c27-25(28,29)19-5-3-17(4-6-19)7-11-33-23(39)20-2-1-12-37(20)22-16-21(34-24(35-22)26(30,31)32)36-13-8-18(9-14-36)10-15-38/h3-6,16,18,20,38H,1-2,7-15H2,(H,33,39). The van der Waals surface area contributed by atoms with Crippen LogP contribution in [0.3, 0.4) is 0 Å². The molecule has 0 bridgehead atoms. The van der Waals surface area contributed by atoms with Gasteiger partial charge in [-0.1, -0.05) is 12.1 Å². The summed E-state index contributed by atoms with van der Waals surface area (Å²) >= 11 is 0. The number of halogens is 6. The Balaban J connectivity index is 1.44. The number of carbonyl (C=O) groups is 1. The highest BCUT2D eigenvalue weighted by Crippen LogP contribution is 2.34. The molecule has 39 heavy (non-hydrogen) atoms. The van der Waals surface area contributed by atoms with Crippen molar-refractivity contribution in [2.45, 2.75) is 56.9 Å². The minimum atomic E-state index is -4.76. The molecule has 2 aliphatic heterocycles. The molecule has 4 rings (SSSR count). The van der Waals surface area contributed by atoms with Gasteiger partial charge in [-0.2, -0.15) is 26.3 Å². The van der Waals surface area contributed by atoms with Crippen LogP contribution in [0.4, 0.5) is 38.0 Å². The number of aliphatic hydroxyl groups is 1. The highest BCUT2D eigenvalue weighted by atomic mass is 19.4. The van der Waals surface area contributed by atoms with E-state index in [1.165, 1.54) is 18.2 Å². The molecule has 0 saturated carbocycles. The number of anilines is 2. The maximum atomic E-state index is 13.7. The zero-order valence-electron chi connectivity index (χ0n) is 21.2. The van der Waals surface area contributed by atoms with Gasteiger partial charge in [0.05, 0.1) is 5.56 Å². The summed E-state index contributed by atoms with van der Waals surface area (Å²) in [6.07, 6.45) is -5.76. The summed E-state index contributed by atoms with van der Waals surface area (Å²) < 4.78 is 79.4. The minimum Gasteiger partial charge on any atom is -0.396 e. The Morgan fingerprint density at radius 1 is 0.949 bits per heavy atom. The van der Waals surface area contributed by atoms with E-state index in [1.807, 2.05) is 0 Å². The molecule has 2 aromatic rings. The summed E-state index contributed by atoms with van der Waals surface area (Å²) in [4.78, 5) is 23.9. The fourth-order valence-corrected chi connectivity index (χ4v) is 5.11. The number of alkyl halides is 6. The smallest absolute Gasteiger partial charge is 0.396 e. The van der Waals surface area contributed by atoms with Crippen molar-refractivity contribution < 1.29 is 36.2 Å². The van der Waals surface area contributed by atoms with E-state index in [1.54, 1.807) is 9.80 Å². The van der Waals surface area contributed by atoms with E-state index in [9.17, 15) is 31.1 Å². The lowest BCUT2D eigenvalue weighted by Gasteiger charge is -2.33. The van der Waals surface area contributed by atoms with E-state index in [0.717, 1.165) is 25.0 Å². The van der Waals surface area contributed by atoms with Gasteiger partial charge in [-0.05, 0) is 62.1 Å². The molecule has 0 radical (unpaired) electrons. The number of nitrogens with one attached hydrogen (secondary N) is 1. The van der Waals surface area contributed by atoms with Crippen molar-refractivity contribution in [2.75, 3.05) is 42.6 Å². The predicted molar refractivity (Wildman–Crippen MR) is 132 cm³/mol. The third-order valence-corrected chi connectivity index (χ3v) is 7.27. The molecule has 214 valence electrons. The number of benzene rings is 1. The van der Waals surface area contributed by atoms with Crippen molar-refractivity contribution in [3.8, 4) is 0 Å². The molecule has 0 aliphatic carbocycles. The lowest BCUT2D eigenvalue weighted by molar-refractivity contribution is -0.144. The summed E-state index contributed by atoms with van der Waals surface area (Å²) in [5.41, 5.74) is -0.140. The summed E-state index contributed by atoms with van der Waals surface area (Å²) in [5.74, 6) is -1.14. The third-order valence-electron chi connectivity index (χ3n) is 7.27. The van der Waals surface area contributed by atoms with Gasteiger partial charge in [-0.15, -0.1) is 0 Å². The molecule has 7 nitrogen and oxygen atoms in total. The molecule has 1 atom stereocenters. The van der Waals surface area contributed by atoms with E-state index < -0.39 is 29.8 Å². The molecule has 2 fully saturated rings. The Kier molecular flexibility index (Phi) is 8.87. The second-order valence-corrected chi connectivity index (χ2v) is 9.94. The summed E-state index contributed by atoms with van der Waals surface area (Å²) in [6, 6.07) is 5.44. The number of rotatable bonds is 8. The van der Waals surface area contributed by atoms with Gasteiger partial charge in [0, 0.05) is 38.9 Å². The average Bonchev–Trinajstić information content (AvgIpc) is 3.39. The van der Waals surface area contributed by atoms with Gasteiger partial charge in [-0.3, -0.25) is 4.79 Å². The van der Waals surface area contributed by atoms with Gasteiger partial charge >= 0.3 is 12.4 Å². The van der Waals surface area contributed by atoms with Crippen LogP contribution in [0.1, 0.15) is 49.1 Å². The molecule has 13 heteroatoms. The van der Waals surface area contributed by atoms with Crippen LogP contribution >= 0.6 is 0 Å². The predicted octanol–water partition coefficient (Wildman–Crippen LogP) is 4.44. The Morgan fingerprint density at radius 3 is 2.23 bits per heavy atom. The normalized spacial score (nSPS) is 19.0. The van der Waals surface area contributed by atoms with Crippen molar-refractivity contribution in [3.05, 3.63) is 47.3 Å². The fourth-order valence-electron chi connectivity index (χ4n) is 5.11. The van der Waals surface area contributed by atoms with E-state index in [4.69, 9.17) is 5.11 Å². The maximum absolute atomic E-state index is 13.7. The number of piperidine rings is 1. The molecule has 1 amide bonds. The van der Waals surface area contributed by atoms with Crippen LogP contribution in [0.15, 0.2) is 30.3 Å². The SMILES string of the molecule is O=C(NCCc1ccc(C(F)(F)F)cc1)C1CCCN1c1cc(N2CCC(CCO)CC2)nc(C(F)(F)F)n1. The number of amides is 1. The van der Waals surface area contributed by atoms with Crippen LogP contribution in [0.25, 0.3) is 0 Å². The van der Waals surface area contributed by atoms with Crippen LogP contribution in [-0.4, -0.2) is 59.8 Å². The van der Waals surface area contributed by atoms with Gasteiger partial charge < -0.3 is 20.2 Å². The van der Waals surface area contributed by atoms with Crippen LogP contribution in [-0.2, 0) is 23.6 Å². The van der Waals surface area contributed by atoms with Gasteiger partial charge in [0.1, 0.15) is 17.7 Å². The van der Waals surface area contributed by atoms with Crippen molar-refractivity contribution >= 4 is 17.5 Å². The van der Waals surface area contributed by atoms with Crippen LogP contribution in [0.2, 0.25) is 0 Å². The molecule has 2 aliphatic rings. The highest BCUT2D eigenvalue weighted by Gasteiger charge is 2.39. The first-order valence-corrected chi connectivity index (χ1v) is 13.0. The zero-order valence-corrected chi connectivity index (χ0v) is 21.2. The van der Waals surface area contributed by atoms with E-state index in [-0.39, 0.29) is 30.7 Å². The number of hydrogen-bond donors (Lipinski definition) is 2. The van der Waals surface area contributed by atoms with E-state index >= 15 is 0 Å².